The highest BCUT2D eigenvalue weighted by Gasteiger charge is 2.73. The van der Waals surface area contributed by atoms with Crippen molar-refractivity contribution in [3.8, 4) is 0 Å². The zero-order chi connectivity index (χ0) is 30.4. The fraction of sp³-hybridized carbons (Fsp3) is 0.789. The lowest BCUT2D eigenvalue weighted by molar-refractivity contribution is -0.757. The number of benzene rings is 1. The minimum Gasteiger partial charge on any atom is -0.377 e. The molecule has 8 rings (SSSR count). The molecule has 234 valence electrons. The Morgan fingerprint density at radius 3 is 2.35 bits per heavy atom. The first kappa shape index (κ1) is 29.0. The highest BCUT2D eigenvalue weighted by atomic mass is 35.5. The lowest BCUT2D eigenvalue weighted by Crippen LogP contribution is -2.68. The van der Waals surface area contributed by atoms with Gasteiger partial charge in [0.2, 0.25) is 0 Å². The summed E-state index contributed by atoms with van der Waals surface area (Å²) in [6.45, 7) is 20.2. The Hall–Kier alpha value is -1.39. The number of aryl methyl sites for hydroxylation is 1. The average Bonchev–Trinajstić information content (AvgIpc) is 3.43. The molecule has 43 heavy (non-hydrogen) atoms. The number of halogens is 1. The highest BCUT2D eigenvalue weighted by Crippen LogP contribution is 2.77. The summed E-state index contributed by atoms with van der Waals surface area (Å²) in [4.78, 5) is 0. The number of fused-ring (bicyclic) bond motifs is 6. The van der Waals surface area contributed by atoms with Gasteiger partial charge in [-0.2, -0.15) is 0 Å². The molecule has 0 N–H and O–H groups in total. The number of rotatable bonds is 2. The molecular weight excluding hydrogens is 550 g/mol. The zero-order valence-corrected chi connectivity index (χ0v) is 28.9. The minimum atomic E-state index is 0.0685. The van der Waals surface area contributed by atoms with Crippen LogP contribution < -0.4 is 4.68 Å². The number of aromatic nitrogens is 3. The molecule has 5 aliphatic carbocycles. The van der Waals surface area contributed by atoms with Crippen LogP contribution in [0.5, 0.6) is 0 Å². The maximum Gasteiger partial charge on any atom is 0.177 e. The largest absolute Gasteiger partial charge is 0.377 e. The SMILES string of the molecule is Cn1n[n+](Cc2ccc(Cl)cc2)c2c1C[C@]1(C)[C@H]3CC[C@@H]4[C@H]5[C@H]6OC[C@@]5(CCC6(C)C)CC[C@@]4(C)[C@]3(C)CC[C@H]1C2(C)C. The van der Waals surface area contributed by atoms with Crippen molar-refractivity contribution in [1.82, 2.24) is 9.90 Å². The number of hydrogen-bond donors (Lipinski definition) is 0. The fourth-order valence-corrected chi connectivity index (χ4v) is 13.8. The smallest absolute Gasteiger partial charge is 0.177 e. The fourth-order valence-electron chi connectivity index (χ4n) is 13.6. The van der Waals surface area contributed by atoms with Gasteiger partial charge in [0.05, 0.1) is 17.9 Å². The third-order valence-corrected chi connectivity index (χ3v) is 16.1. The summed E-state index contributed by atoms with van der Waals surface area (Å²) in [5.74, 6) is 2.97. The summed E-state index contributed by atoms with van der Waals surface area (Å²) in [5, 5.41) is 5.96. The predicted octanol–water partition coefficient (Wildman–Crippen LogP) is 8.31. The highest BCUT2D eigenvalue weighted by molar-refractivity contribution is 6.30. The Bertz CT molecular complexity index is 1460. The normalized spacial score (nSPS) is 45.4. The average molecular weight is 605 g/mol. The second kappa shape index (κ2) is 8.90. The van der Waals surface area contributed by atoms with Crippen LogP contribution in [0.2, 0.25) is 5.02 Å². The standard InChI is InChI=1S/C38H55ClN3O/c1-33(2)17-19-38-20-18-36(6)26(30(38)32(33)43-23-38)13-14-29-35(5)21-27-31(34(3,4)28(35)15-16-37(29,36)7)42(40-41(27)8)22-24-9-11-25(39)12-10-24/h9-12,26,28-30,32H,13-23H2,1-8H3/q+1/t26-,28+,29-,30+,32-,35+,36-,37-,38-/m1/s1. The topological polar surface area (TPSA) is 30.9 Å². The number of nitrogens with zero attached hydrogens (tertiary/aromatic N) is 3. The Morgan fingerprint density at radius 1 is 0.884 bits per heavy atom. The van der Waals surface area contributed by atoms with Crippen LogP contribution in [0.15, 0.2) is 24.3 Å². The van der Waals surface area contributed by atoms with E-state index < -0.39 is 0 Å². The van der Waals surface area contributed by atoms with Crippen LogP contribution in [0.1, 0.15) is 117 Å². The third kappa shape index (κ3) is 3.60. The first-order valence-electron chi connectivity index (χ1n) is 17.5. The molecule has 5 heteroatoms. The predicted molar refractivity (Wildman–Crippen MR) is 172 cm³/mol. The molecule has 6 aliphatic rings. The van der Waals surface area contributed by atoms with Crippen molar-refractivity contribution in [1.29, 1.82) is 0 Å². The van der Waals surface area contributed by atoms with E-state index in [0.29, 0.717) is 33.7 Å². The second-order valence-corrected chi connectivity index (χ2v) is 18.7. The maximum absolute atomic E-state index is 6.81. The molecule has 1 aliphatic heterocycles. The maximum atomic E-state index is 6.81. The lowest BCUT2D eigenvalue weighted by Gasteiger charge is -2.72. The summed E-state index contributed by atoms with van der Waals surface area (Å²) in [6, 6.07) is 8.32. The Balaban J connectivity index is 1.17. The molecule has 0 unspecified atom stereocenters. The molecule has 0 spiro atoms. The first-order valence-corrected chi connectivity index (χ1v) is 17.9. The van der Waals surface area contributed by atoms with Gasteiger partial charge < -0.3 is 4.74 Å². The van der Waals surface area contributed by atoms with Crippen molar-refractivity contribution in [3.63, 3.8) is 0 Å². The summed E-state index contributed by atoms with van der Waals surface area (Å²) in [6.07, 6.45) is 12.6. The second-order valence-electron chi connectivity index (χ2n) is 18.3. The Morgan fingerprint density at radius 2 is 1.60 bits per heavy atom. The van der Waals surface area contributed by atoms with Crippen LogP contribution in [-0.4, -0.2) is 22.6 Å². The van der Waals surface area contributed by atoms with Gasteiger partial charge in [0.1, 0.15) is 13.6 Å². The van der Waals surface area contributed by atoms with E-state index in [4.69, 9.17) is 21.6 Å². The number of ether oxygens (including phenoxy) is 1. The van der Waals surface area contributed by atoms with Crippen LogP contribution in [0.3, 0.4) is 0 Å². The Kier molecular flexibility index (Phi) is 6.01. The van der Waals surface area contributed by atoms with E-state index in [-0.39, 0.29) is 10.8 Å². The van der Waals surface area contributed by atoms with E-state index in [9.17, 15) is 0 Å². The molecule has 4 saturated carbocycles. The number of hydrogen-bond acceptors (Lipinski definition) is 2. The van der Waals surface area contributed by atoms with Crippen molar-refractivity contribution >= 4 is 11.6 Å². The third-order valence-electron chi connectivity index (χ3n) is 15.8. The molecule has 0 amide bonds. The molecule has 1 saturated heterocycles. The zero-order valence-electron chi connectivity index (χ0n) is 28.1. The van der Waals surface area contributed by atoms with Gasteiger partial charge in [-0.1, -0.05) is 72.2 Å². The molecule has 1 aromatic carbocycles. The van der Waals surface area contributed by atoms with Gasteiger partial charge in [-0.3, -0.25) is 0 Å². The van der Waals surface area contributed by atoms with Crippen molar-refractivity contribution in [3.05, 3.63) is 46.2 Å². The van der Waals surface area contributed by atoms with E-state index in [0.717, 1.165) is 42.3 Å². The van der Waals surface area contributed by atoms with Gasteiger partial charge in [0, 0.05) is 16.9 Å². The van der Waals surface area contributed by atoms with Gasteiger partial charge in [0.15, 0.2) is 11.4 Å². The van der Waals surface area contributed by atoms with Crippen LogP contribution in [-0.2, 0) is 30.2 Å². The minimum absolute atomic E-state index is 0.0685. The van der Waals surface area contributed by atoms with Gasteiger partial charge in [-0.15, -0.1) is 9.36 Å². The monoisotopic (exact) mass is 604 g/mol. The van der Waals surface area contributed by atoms with Crippen molar-refractivity contribution in [2.75, 3.05) is 6.61 Å². The summed E-state index contributed by atoms with van der Waals surface area (Å²) >= 11 is 6.22. The molecule has 4 nitrogen and oxygen atoms in total. The van der Waals surface area contributed by atoms with Crippen LogP contribution in [0, 0.1) is 50.7 Å². The van der Waals surface area contributed by atoms with Gasteiger partial charge >= 0.3 is 0 Å². The molecular formula is C38H55ClN3O+. The van der Waals surface area contributed by atoms with Crippen LogP contribution in [0.4, 0.5) is 0 Å². The van der Waals surface area contributed by atoms with Crippen LogP contribution >= 0.6 is 11.6 Å². The molecule has 5 fully saturated rings. The van der Waals surface area contributed by atoms with Crippen molar-refractivity contribution < 1.29 is 9.42 Å². The van der Waals surface area contributed by atoms with Crippen molar-refractivity contribution in [2.24, 2.45) is 57.8 Å². The molecule has 0 radical (unpaired) electrons. The van der Waals surface area contributed by atoms with Gasteiger partial charge in [-0.05, 0) is 120 Å². The molecule has 2 heterocycles. The lowest BCUT2D eigenvalue weighted by atomic mass is 9.31. The van der Waals surface area contributed by atoms with E-state index in [2.05, 4.69) is 77.0 Å². The first-order chi connectivity index (χ1) is 20.2. The molecule has 2 bridgehead atoms. The van der Waals surface area contributed by atoms with Crippen molar-refractivity contribution in [2.45, 2.75) is 124 Å². The summed E-state index contributed by atoms with van der Waals surface area (Å²) in [5.41, 5.74) is 6.08. The van der Waals surface area contributed by atoms with E-state index in [1.807, 2.05) is 12.1 Å². The molecule has 2 aromatic rings. The quantitative estimate of drug-likeness (QED) is 0.323. The van der Waals surface area contributed by atoms with E-state index >= 15 is 0 Å². The van der Waals surface area contributed by atoms with Gasteiger partial charge in [0.25, 0.3) is 0 Å². The summed E-state index contributed by atoms with van der Waals surface area (Å²) in [7, 11) is 2.19. The summed E-state index contributed by atoms with van der Waals surface area (Å²) < 4.78 is 11.4. The molecule has 9 atom stereocenters. The van der Waals surface area contributed by atoms with E-state index in [1.165, 1.54) is 68.3 Å². The van der Waals surface area contributed by atoms with E-state index in [1.54, 1.807) is 0 Å². The van der Waals surface area contributed by atoms with Crippen LogP contribution in [0.25, 0.3) is 0 Å². The van der Waals surface area contributed by atoms with Gasteiger partial charge in [-0.25, -0.2) is 0 Å². The Labute approximate surface area is 265 Å². The molecule has 1 aromatic heterocycles.